The SMILES string of the molecule is COCCn1c(SC(C)C(=O)Nc2c(C)nn(C)c2C)nc2cc(Cl)ccc21. The second-order valence-electron chi connectivity index (χ2n) is 6.59. The number of nitrogens with one attached hydrogen (secondary N) is 1. The van der Waals surface area contributed by atoms with Gasteiger partial charge in [0.05, 0.1) is 40.0 Å². The summed E-state index contributed by atoms with van der Waals surface area (Å²) < 4.78 is 9.05. The van der Waals surface area contributed by atoms with Gasteiger partial charge in [-0.3, -0.25) is 9.48 Å². The zero-order valence-corrected chi connectivity index (χ0v) is 18.2. The zero-order valence-electron chi connectivity index (χ0n) is 16.6. The highest BCUT2D eigenvalue weighted by Crippen LogP contribution is 2.30. The molecule has 1 aromatic carbocycles. The van der Waals surface area contributed by atoms with Crippen LogP contribution in [0, 0.1) is 13.8 Å². The van der Waals surface area contributed by atoms with Gasteiger partial charge in [0.25, 0.3) is 0 Å². The molecule has 2 aromatic heterocycles. The number of aryl methyl sites for hydroxylation is 2. The van der Waals surface area contributed by atoms with Crippen molar-refractivity contribution in [1.29, 1.82) is 0 Å². The van der Waals surface area contributed by atoms with Crippen LogP contribution >= 0.6 is 23.4 Å². The van der Waals surface area contributed by atoms with Gasteiger partial charge in [-0.15, -0.1) is 0 Å². The van der Waals surface area contributed by atoms with Crippen LogP contribution in [0.3, 0.4) is 0 Å². The number of aromatic nitrogens is 4. The Kier molecular flexibility index (Phi) is 6.32. The van der Waals surface area contributed by atoms with Crippen LogP contribution < -0.4 is 5.32 Å². The topological polar surface area (TPSA) is 74.0 Å². The van der Waals surface area contributed by atoms with E-state index in [-0.39, 0.29) is 11.2 Å². The second kappa shape index (κ2) is 8.55. The minimum Gasteiger partial charge on any atom is -0.383 e. The van der Waals surface area contributed by atoms with Crippen molar-refractivity contribution in [3.8, 4) is 0 Å². The number of fused-ring (bicyclic) bond motifs is 1. The molecule has 0 radical (unpaired) electrons. The van der Waals surface area contributed by atoms with E-state index in [2.05, 4.69) is 20.0 Å². The molecule has 0 aliphatic heterocycles. The lowest BCUT2D eigenvalue weighted by atomic mass is 10.3. The zero-order chi connectivity index (χ0) is 20.4. The van der Waals surface area contributed by atoms with Crippen LogP contribution in [0.15, 0.2) is 23.4 Å². The van der Waals surface area contributed by atoms with Crippen molar-refractivity contribution >= 4 is 46.0 Å². The number of nitrogens with zero attached hydrogens (tertiary/aromatic N) is 4. The predicted octanol–water partition coefficient (Wildman–Crippen LogP) is 3.81. The number of carbonyl (C=O) groups excluding carboxylic acids is 1. The first kappa shape index (κ1) is 20.7. The number of ether oxygens (including phenoxy) is 1. The molecule has 0 spiro atoms. The highest BCUT2D eigenvalue weighted by molar-refractivity contribution is 8.00. The summed E-state index contributed by atoms with van der Waals surface area (Å²) in [5.41, 5.74) is 4.25. The van der Waals surface area contributed by atoms with Crippen LogP contribution in [0.2, 0.25) is 5.02 Å². The summed E-state index contributed by atoms with van der Waals surface area (Å²) in [5, 5.41) is 8.40. The maximum atomic E-state index is 12.8. The Bertz CT molecular complexity index is 1010. The van der Waals surface area contributed by atoms with Gasteiger partial charge in [0, 0.05) is 25.7 Å². The van der Waals surface area contributed by atoms with E-state index in [1.807, 2.05) is 46.0 Å². The molecule has 1 atom stereocenters. The van der Waals surface area contributed by atoms with Gasteiger partial charge in [-0.05, 0) is 39.0 Å². The molecule has 0 aliphatic carbocycles. The van der Waals surface area contributed by atoms with E-state index in [1.165, 1.54) is 11.8 Å². The monoisotopic (exact) mass is 421 g/mol. The Labute approximate surface area is 173 Å². The number of thioether (sulfide) groups is 1. The van der Waals surface area contributed by atoms with E-state index < -0.39 is 0 Å². The van der Waals surface area contributed by atoms with Crippen LogP contribution in [0.5, 0.6) is 0 Å². The number of carbonyl (C=O) groups is 1. The molecule has 0 fully saturated rings. The highest BCUT2D eigenvalue weighted by atomic mass is 35.5. The fraction of sp³-hybridized carbons (Fsp3) is 0.421. The van der Waals surface area contributed by atoms with E-state index in [9.17, 15) is 4.79 Å². The Hall–Kier alpha value is -2.03. The first-order chi connectivity index (χ1) is 13.3. The average molecular weight is 422 g/mol. The molecule has 7 nitrogen and oxygen atoms in total. The van der Waals surface area contributed by atoms with Crippen LogP contribution in [0.4, 0.5) is 5.69 Å². The summed E-state index contributed by atoms with van der Waals surface area (Å²) >= 11 is 7.52. The Balaban J connectivity index is 1.83. The van der Waals surface area contributed by atoms with Crippen molar-refractivity contribution in [1.82, 2.24) is 19.3 Å². The third kappa shape index (κ3) is 4.19. The minimum atomic E-state index is -0.340. The number of hydrogen-bond acceptors (Lipinski definition) is 5. The van der Waals surface area contributed by atoms with E-state index in [0.29, 0.717) is 18.2 Å². The summed E-state index contributed by atoms with van der Waals surface area (Å²) in [7, 11) is 3.52. The number of hydrogen-bond donors (Lipinski definition) is 1. The van der Waals surface area contributed by atoms with Gasteiger partial charge in [-0.25, -0.2) is 4.98 Å². The molecule has 150 valence electrons. The van der Waals surface area contributed by atoms with Gasteiger partial charge in [-0.1, -0.05) is 23.4 Å². The molecule has 3 aromatic rings. The molecule has 1 unspecified atom stereocenters. The molecule has 3 rings (SSSR count). The fourth-order valence-electron chi connectivity index (χ4n) is 2.96. The number of anilines is 1. The first-order valence-electron chi connectivity index (χ1n) is 8.94. The highest BCUT2D eigenvalue weighted by Gasteiger charge is 2.22. The van der Waals surface area contributed by atoms with Crippen molar-refractivity contribution in [3.63, 3.8) is 0 Å². The summed E-state index contributed by atoms with van der Waals surface area (Å²) in [6, 6.07) is 5.61. The largest absolute Gasteiger partial charge is 0.383 e. The second-order valence-corrected chi connectivity index (χ2v) is 8.34. The molecule has 0 aliphatic rings. The molecule has 0 bridgehead atoms. The Morgan fingerprint density at radius 2 is 2.14 bits per heavy atom. The number of halogens is 1. The molecular weight excluding hydrogens is 398 g/mol. The molecular formula is C19H24ClN5O2S. The summed E-state index contributed by atoms with van der Waals surface area (Å²) in [5.74, 6) is -0.0902. The minimum absolute atomic E-state index is 0.0902. The predicted molar refractivity (Wildman–Crippen MR) is 113 cm³/mol. The normalized spacial score (nSPS) is 12.5. The van der Waals surface area contributed by atoms with Crippen LogP contribution in [-0.2, 0) is 23.1 Å². The third-order valence-corrected chi connectivity index (χ3v) is 5.93. The van der Waals surface area contributed by atoms with E-state index in [0.717, 1.165) is 33.3 Å². The molecule has 28 heavy (non-hydrogen) atoms. The van der Waals surface area contributed by atoms with Crippen molar-refractivity contribution < 1.29 is 9.53 Å². The van der Waals surface area contributed by atoms with Crippen molar-refractivity contribution in [2.75, 3.05) is 19.0 Å². The summed E-state index contributed by atoms with van der Waals surface area (Å²) in [6.45, 7) is 6.88. The average Bonchev–Trinajstić information content (AvgIpc) is 3.10. The van der Waals surface area contributed by atoms with E-state index in [4.69, 9.17) is 16.3 Å². The van der Waals surface area contributed by atoms with E-state index in [1.54, 1.807) is 11.8 Å². The van der Waals surface area contributed by atoms with Crippen LogP contribution in [0.1, 0.15) is 18.3 Å². The number of methoxy groups -OCH3 is 1. The lowest BCUT2D eigenvalue weighted by molar-refractivity contribution is -0.115. The number of rotatable bonds is 7. The lowest BCUT2D eigenvalue weighted by Crippen LogP contribution is -2.23. The maximum absolute atomic E-state index is 12.8. The van der Waals surface area contributed by atoms with Crippen molar-refractivity contribution in [3.05, 3.63) is 34.6 Å². The number of benzene rings is 1. The summed E-state index contributed by atoms with van der Waals surface area (Å²) in [6.07, 6.45) is 0. The Morgan fingerprint density at radius 1 is 1.39 bits per heavy atom. The van der Waals surface area contributed by atoms with Crippen molar-refractivity contribution in [2.24, 2.45) is 7.05 Å². The molecule has 0 saturated heterocycles. The first-order valence-corrected chi connectivity index (χ1v) is 10.2. The molecule has 1 N–H and O–H groups in total. The van der Waals surface area contributed by atoms with Gasteiger partial charge >= 0.3 is 0 Å². The number of imidazole rings is 1. The quantitative estimate of drug-likeness (QED) is 0.587. The molecule has 2 heterocycles. The smallest absolute Gasteiger partial charge is 0.237 e. The molecule has 1 amide bonds. The van der Waals surface area contributed by atoms with Crippen molar-refractivity contribution in [2.45, 2.75) is 37.7 Å². The summed E-state index contributed by atoms with van der Waals surface area (Å²) in [4.78, 5) is 17.5. The van der Waals surface area contributed by atoms with Crippen LogP contribution in [-0.4, -0.2) is 44.2 Å². The van der Waals surface area contributed by atoms with Gasteiger partial charge in [0.2, 0.25) is 5.91 Å². The van der Waals surface area contributed by atoms with E-state index >= 15 is 0 Å². The number of amides is 1. The standard InChI is InChI=1S/C19H24ClN5O2S/c1-11-17(12(2)24(4)23-11)22-18(26)13(3)28-19-21-15-10-14(20)6-7-16(15)25(19)8-9-27-5/h6-7,10,13H,8-9H2,1-5H3,(H,22,26). The lowest BCUT2D eigenvalue weighted by Gasteiger charge is -2.13. The molecule has 9 heteroatoms. The van der Waals surface area contributed by atoms with Gasteiger partial charge in [0.15, 0.2) is 5.16 Å². The van der Waals surface area contributed by atoms with Gasteiger partial charge in [0.1, 0.15) is 0 Å². The molecule has 0 saturated carbocycles. The third-order valence-electron chi connectivity index (χ3n) is 4.60. The van der Waals surface area contributed by atoms with Crippen LogP contribution in [0.25, 0.3) is 11.0 Å². The Morgan fingerprint density at radius 3 is 2.79 bits per heavy atom. The fourth-order valence-corrected chi connectivity index (χ4v) is 4.08. The van der Waals surface area contributed by atoms with Gasteiger partial charge in [-0.2, -0.15) is 5.10 Å². The van der Waals surface area contributed by atoms with Gasteiger partial charge < -0.3 is 14.6 Å². The maximum Gasteiger partial charge on any atom is 0.237 e.